The first kappa shape index (κ1) is 16.9. The zero-order chi connectivity index (χ0) is 17.6. The highest BCUT2D eigenvalue weighted by Gasteiger charge is 2.29. The molecule has 2 aromatic rings. The van der Waals surface area contributed by atoms with Crippen molar-refractivity contribution in [2.75, 3.05) is 0 Å². The van der Waals surface area contributed by atoms with Crippen molar-refractivity contribution in [1.29, 1.82) is 0 Å². The Balaban J connectivity index is 3.19. The second-order valence-electron chi connectivity index (χ2n) is 4.22. The average Bonchev–Trinajstić information content (AvgIpc) is 2.43. The molecule has 2 aromatic carbocycles. The number of aromatic hydroxyl groups is 1. The van der Waals surface area contributed by atoms with Crippen LogP contribution in [0.15, 0.2) is 38.3 Å². The molecule has 0 fully saturated rings. The van der Waals surface area contributed by atoms with Gasteiger partial charge in [0.1, 0.15) is 5.69 Å². The normalized spacial score (nSPS) is 12.3. The molecule has 2 rings (SSSR count). The monoisotopic (exact) mass is 362 g/mol. The van der Waals surface area contributed by atoms with Crippen LogP contribution in [0.25, 0.3) is 10.8 Å². The molecule has 11 nitrogen and oxygen atoms in total. The lowest BCUT2D eigenvalue weighted by atomic mass is 10.1. The van der Waals surface area contributed by atoms with Gasteiger partial charge in [0, 0.05) is 10.8 Å². The van der Waals surface area contributed by atoms with E-state index in [1.807, 2.05) is 0 Å². The summed E-state index contributed by atoms with van der Waals surface area (Å²) >= 11 is 0. The lowest BCUT2D eigenvalue weighted by molar-refractivity contribution is 0.446. The minimum Gasteiger partial charge on any atom is -0.504 e. The summed E-state index contributed by atoms with van der Waals surface area (Å²) in [5.74, 6) is -1.32. The van der Waals surface area contributed by atoms with Crippen molar-refractivity contribution < 1.29 is 31.0 Å². The van der Waals surface area contributed by atoms with Crippen LogP contribution in [0.5, 0.6) is 5.75 Å². The predicted molar refractivity (Wildman–Crippen MR) is 76.2 cm³/mol. The number of fused-ring (bicyclic) bond motifs is 1. The number of phenols is 1. The smallest absolute Gasteiger partial charge is 0.300 e. The van der Waals surface area contributed by atoms with Crippen LogP contribution >= 0.6 is 0 Å². The van der Waals surface area contributed by atoms with Crippen LogP contribution in [-0.2, 0) is 20.2 Å². The lowest BCUT2D eigenvalue weighted by Gasteiger charge is -2.10. The average molecular weight is 362 g/mol. The largest absolute Gasteiger partial charge is 0.504 e. The Morgan fingerprint density at radius 1 is 0.826 bits per heavy atom. The Morgan fingerprint density at radius 2 is 1.39 bits per heavy atom. The summed E-state index contributed by atoms with van der Waals surface area (Å²) in [4.78, 5) is 19.6. The SMILES string of the molecule is O=Nc1c(O)c(S(=O)(=O)O)c(N=O)c2cc(S(=O)(=O)O)ccc12. The van der Waals surface area contributed by atoms with Gasteiger partial charge in [-0.15, -0.1) is 9.81 Å². The maximum atomic E-state index is 11.3. The molecule has 0 radical (unpaired) electrons. The number of hydrogen-bond acceptors (Lipinski definition) is 9. The third-order valence-corrected chi connectivity index (χ3v) is 4.65. The van der Waals surface area contributed by atoms with Crippen molar-refractivity contribution in [3.8, 4) is 5.75 Å². The van der Waals surface area contributed by atoms with E-state index in [4.69, 9.17) is 9.11 Å². The molecule has 0 heterocycles. The lowest BCUT2D eigenvalue weighted by Crippen LogP contribution is -2.01. The standard InChI is InChI=1S/C10H6N2O9S2/c13-9-7(11-14)5-2-1-4(22(16,17)18)3-6(5)8(12-15)10(9)23(19,20)21/h1-3,13H,(H,16,17,18)(H,19,20,21). The van der Waals surface area contributed by atoms with Crippen LogP contribution in [0.2, 0.25) is 0 Å². The van der Waals surface area contributed by atoms with E-state index in [1.54, 1.807) is 0 Å². The molecule has 0 bridgehead atoms. The molecule has 122 valence electrons. The van der Waals surface area contributed by atoms with Gasteiger partial charge in [-0.1, -0.05) is 6.07 Å². The molecular weight excluding hydrogens is 356 g/mol. The Bertz CT molecular complexity index is 1060. The minimum absolute atomic E-state index is 0.313. The van der Waals surface area contributed by atoms with E-state index in [0.29, 0.717) is 6.07 Å². The molecule has 0 aliphatic heterocycles. The van der Waals surface area contributed by atoms with Crippen LogP contribution in [0, 0.1) is 9.81 Å². The Labute approximate surface area is 128 Å². The van der Waals surface area contributed by atoms with Crippen LogP contribution < -0.4 is 0 Å². The number of nitroso groups, excluding NO2 is 2. The first-order valence-corrected chi connectivity index (χ1v) is 8.34. The predicted octanol–water partition coefficient (Wildman–Crippen LogP) is 1.83. The van der Waals surface area contributed by atoms with Gasteiger partial charge in [0.2, 0.25) is 0 Å². The Morgan fingerprint density at radius 3 is 1.83 bits per heavy atom. The number of hydrogen-bond donors (Lipinski definition) is 3. The summed E-state index contributed by atoms with van der Waals surface area (Å²) in [6, 6.07) is 2.37. The van der Waals surface area contributed by atoms with E-state index in [0.717, 1.165) is 12.1 Å². The van der Waals surface area contributed by atoms with Gasteiger partial charge in [-0.3, -0.25) is 9.11 Å². The summed E-state index contributed by atoms with van der Waals surface area (Å²) < 4.78 is 62.9. The minimum atomic E-state index is -5.20. The van der Waals surface area contributed by atoms with Crippen molar-refractivity contribution in [3.05, 3.63) is 28.0 Å². The van der Waals surface area contributed by atoms with Crippen LogP contribution in [0.4, 0.5) is 11.4 Å². The molecule has 13 heteroatoms. The zero-order valence-corrected chi connectivity index (χ0v) is 12.4. The summed E-state index contributed by atoms with van der Waals surface area (Å²) in [7, 11) is -9.93. The third kappa shape index (κ3) is 2.77. The Hall–Kier alpha value is -2.48. The van der Waals surface area contributed by atoms with Crippen LogP contribution in [0.1, 0.15) is 0 Å². The summed E-state index contributed by atoms with van der Waals surface area (Å²) in [6.45, 7) is 0. The highest BCUT2D eigenvalue weighted by atomic mass is 32.2. The Kier molecular flexibility index (Phi) is 3.90. The van der Waals surface area contributed by atoms with E-state index < -0.39 is 52.5 Å². The molecule has 0 aromatic heterocycles. The van der Waals surface area contributed by atoms with E-state index in [-0.39, 0.29) is 5.39 Å². The van der Waals surface area contributed by atoms with Crippen molar-refractivity contribution in [2.24, 2.45) is 10.4 Å². The van der Waals surface area contributed by atoms with Gasteiger partial charge in [-0.2, -0.15) is 16.8 Å². The topological polar surface area (TPSA) is 188 Å². The second kappa shape index (κ2) is 5.31. The van der Waals surface area contributed by atoms with E-state index in [9.17, 15) is 31.8 Å². The van der Waals surface area contributed by atoms with Gasteiger partial charge < -0.3 is 5.11 Å². The van der Waals surface area contributed by atoms with Gasteiger partial charge in [0.05, 0.1) is 4.90 Å². The molecule has 3 N–H and O–H groups in total. The fourth-order valence-corrected chi connectivity index (χ4v) is 3.22. The molecule has 0 saturated heterocycles. The van der Waals surface area contributed by atoms with Crippen molar-refractivity contribution >= 4 is 42.4 Å². The summed E-state index contributed by atoms with van der Waals surface area (Å²) in [6.07, 6.45) is 0. The first-order valence-electron chi connectivity index (χ1n) is 5.46. The van der Waals surface area contributed by atoms with E-state index in [1.165, 1.54) is 0 Å². The molecule has 0 saturated carbocycles. The fraction of sp³-hybridized carbons (Fsp3) is 0. The van der Waals surface area contributed by atoms with Gasteiger partial charge >= 0.3 is 10.1 Å². The maximum absolute atomic E-state index is 11.3. The molecule has 0 spiro atoms. The van der Waals surface area contributed by atoms with E-state index in [2.05, 4.69) is 10.4 Å². The van der Waals surface area contributed by atoms with Crippen LogP contribution in [0.3, 0.4) is 0 Å². The maximum Gasteiger partial charge on any atom is 0.300 e. The third-order valence-electron chi connectivity index (χ3n) is 2.89. The molecule has 23 heavy (non-hydrogen) atoms. The number of rotatable bonds is 4. The van der Waals surface area contributed by atoms with Crippen molar-refractivity contribution in [2.45, 2.75) is 9.79 Å². The molecule has 0 atom stereocenters. The van der Waals surface area contributed by atoms with Gasteiger partial charge in [0.25, 0.3) is 10.1 Å². The number of benzene rings is 2. The summed E-state index contributed by atoms with van der Waals surface area (Å²) in [5, 5.41) is 13.7. The van der Waals surface area contributed by atoms with Crippen LogP contribution in [-0.4, -0.2) is 31.0 Å². The molecular formula is C10H6N2O9S2. The zero-order valence-electron chi connectivity index (χ0n) is 10.7. The van der Waals surface area contributed by atoms with Crippen molar-refractivity contribution in [3.63, 3.8) is 0 Å². The number of nitrogens with zero attached hydrogens (tertiary/aromatic N) is 2. The van der Waals surface area contributed by atoms with Crippen molar-refractivity contribution in [1.82, 2.24) is 0 Å². The molecule has 0 aliphatic rings. The second-order valence-corrected chi connectivity index (χ2v) is 6.99. The molecule has 0 aliphatic carbocycles. The van der Waals surface area contributed by atoms with Gasteiger partial charge in [-0.05, 0) is 22.5 Å². The van der Waals surface area contributed by atoms with Gasteiger partial charge in [0.15, 0.2) is 16.3 Å². The molecule has 0 unspecified atom stereocenters. The van der Waals surface area contributed by atoms with Gasteiger partial charge in [-0.25, -0.2) is 0 Å². The summed E-state index contributed by atoms with van der Waals surface area (Å²) in [5.41, 5.74) is -1.90. The number of phenolic OH excluding ortho intramolecular Hbond substituents is 1. The highest BCUT2D eigenvalue weighted by molar-refractivity contribution is 7.86. The fourth-order valence-electron chi connectivity index (χ4n) is 1.98. The first-order chi connectivity index (χ1) is 10.5. The highest BCUT2D eigenvalue weighted by Crippen LogP contribution is 2.47. The molecule has 0 amide bonds. The quantitative estimate of drug-likeness (QED) is 0.538. The van der Waals surface area contributed by atoms with E-state index >= 15 is 0 Å².